The van der Waals surface area contributed by atoms with E-state index >= 15 is 0 Å². The maximum absolute atomic E-state index is 11.4. The Morgan fingerprint density at radius 2 is 2.29 bits per heavy atom. The number of nitrogens with zero attached hydrogens (tertiary/aromatic N) is 2. The summed E-state index contributed by atoms with van der Waals surface area (Å²) in [7, 11) is 4.05. The van der Waals surface area contributed by atoms with Gasteiger partial charge in [0, 0.05) is 12.5 Å². The molecule has 0 spiro atoms. The topological polar surface area (TPSA) is 58.2 Å². The Bertz CT molecular complexity index is 424. The van der Waals surface area contributed by atoms with E-state index in [2.05, 4.69) is 14.9 Å². The van der Waals surface area contributed by atoms with E-state index in [1.165, 1.54) is 6.07 Å². The van der Waals surface area contributed by atoms with E-state index in [0.29, 0.717) is 18.4 Å². The molecular formula is C12H19N3O2. The molecule has 0 atom stereocenters. The molecule has 1 saturated carbocycles. The van der Waals surface area contributed by atoms with Crippen LogP contribution in [0.1, 0.15) is 31.0 Å². The number of H-pyrrole nitrogens is 1. The molecule has 1 fully saturated rings. The van der Waals surface area contributed by atoms with Gasteiger partial charge in [-0.25, -0.2) is 0 Å². The highest BCUT2D eigenvalue weighted by molar-refractivity contribution is 5.13. The summed E-state index contributed by atoms with van der Waals surface area (Å²) in [5, 5.41) is 0. The minimum Gasteiger partial charge on any atom is -0.477 e. The highest BCUT2D eigenvalue weighted by atomic mass is 16.5. The molecule has 0 radical (unpaired) electrons. The van der Waals surface area contributed by atoms with E-state index in [1.54, 1.807) is 0 Å². The van der Waals surface area contributed by atoms with Crippen LogP contribution in [0.5, 0.6) is 5.88 Å². The van der Waals surface area contributed by atoms with Crippen molar-refractivity contribution in [1.29, 1.82) is 0 Å². The first kappa shape index (κ1) is 12.1. The smallest absolute Gasteiger partial charge is 0.254 e. The van der Waals surface area contributed by atoms with Gasteiger partial charge in [0.25, 0.3) is 5.56 Å². The van der Waals surface area contributed by atoms with Gasteiger partial charge < -0.3 is 14.6 Å². The lowest BCUT2D eigenvalue weighted by Crippen LogP contribution is -2.17. The second kappa shape index (κ2) is 5.31. The number of aromatic amines is 1. The van der Waals surface area contributed by atoms with E-state index in [4.69, 9.17) is 4.74 Å². The minimum atomic E-state index is -0.121. The molecule has 0 saturated heterocycles. The molecule has 5 heteroatoms. The number of aromatic nitrogens is 2. The summed E-state index contributed by atoms with van der Waals surface area (Å²) in [5.74, 6) is 1.67. The lowest BCUT2D eigenvalue weighted by Gasteiger charge is -2.10. The zero-order valence-electron chi connectivity index (χ0n) is 10.4. The standard InChI is InChI=1S/C12H19N3O2/c1-15(2)6-3-7-17-11-8-10(16)13-12(14-11)9-4-5-9/h8-9H,3-7H2,1-2H3,(H,13,14,16). The Kier molecular flexibility index (Phi) is 3.78. The van der Waals surface area contributed by atoms with Crippen molar-refractivity contribution in [2.75, 3.05) is 27.2 Å². The predicted octanol–water partition coefficient (Wildman–Crippen LogP) is 0.978. The quantitative estimate of drug-likeness (QED) is 0.749. The zero-order chi connectivity index (χ0) is 12.3. The first-order valence-corrected chi connectivity index (χ1v) is 6.04. The average molecular weight is 237 g/mol. The Hall–Kier alpha value is -1.36. The van der Waals surface area contributed by atoms with E-state index in [-0.39, 0.29) is 5.56 Å². The lowest BCUT2D eigenvalue weighted by molar-refractivity contribution is 0.271. The Morgan fingerprint density at radius 3 is 2.94 bits per heavy atom. The first-order valence-electron chi connectivity index (χ1n) is 6.04. The first-order chi connectivity index (χ1) is 8.15. The summed E-state index contributed by atoms with van der Waals surface area (Å²) in [5.41, 5.74) is -0.121. The van der Waals surface area contributed by atoms with Crippen LogP contribution in [0.25, 0.3) is 0 Å². The minimum absolute atomic E-state index is 0.121. The van der Waals surface area contributed by atoms with Crippen LogP contribution in [0.2, 0.25) is 0 Å². The second-order valence-electron chi connectivity index (χ2n) is 4.75. The van der Waals surface area contributed by atoms with Crippen molar-refractivity contribution in [3.63, 3.8) is 0 Å². The van der Waals surface area contributed by atoms with Crippen molar-refractivity contribution < 1.29 is 4.74 Å². The van der Waals surface area contributed by atoms with Crippen LogP contribution in [-0.4, -0.2) is 42.1 Å². The third kappa shape index (κ3) is 3.85. The number of ether oxygens (including phenoxy) is 1. The van der Waals surface area contributed by atoms with Crippen molar-refractivity contribution in [3.8, 4) is 5.88 Å². The van der Waals surface area contributed by atoms with Crippen LogP contribution >= 0.6 is 0 Å². The molecule has 0 aromatic carbocycles. The third-order valence-corrected chi connectivity index (χ3v) is 2.70. The van der Waals surface area contributed by atoms with Gasteiger partial charge in [-0.3, -0.25) is 4.79 Å². The number of hydrogen-bond acceptors (Lipinski definition) is 4. The molecule has 94 valence electrons. The number of nitrogens with one attached hydrogen (secondary N) is 1. The van der Waals surface area contributed by atoms with Crippen LogP contribution in [0, 0.1) is 0 Å². The van der Waals surface area contributed by atoms with Crippen LogP contribution in [0.15, 0.2) is 10.9 Å². The van der Waals surface area contributed by atoms with Crippen LogP contribution in [-0.2, 0) is 0 Å². The Morgan fingerprint density at radius 1 is 1.53 bits per heavy atom. The fraction of sp³-hybridized carbons (Fsp3) is 0.667. The van der Waals surface area contributed by atoms with Crippen LogP contribution < -0.4 is 10.3 Å². The summed E-state index contributed by atoms with van der Waals surface area (Å²) >= 11 is 0. The van der Waals surface area contributed by atoms with Crippen molar-refractivity contribution in [2.45, 2.75) is 25.2 Å². The summed E-state index contributed by atoms with van der Waals surface area (Å²) in [6.45, 7) is 1.57. The van der Waals surface area contributed by atoms with Gasteiger partial charge in [-0.15, -0.1) is 0 Å². The molecule has 5 nitrogen and oxygen atoms in total. The van der Waals surface area contributed by atoms with E-state index in [1.807, 2.05) is 14.1 Å². The van der Waals surface area contributed by atoms with E-state index < -0.39 is 0 Å². The van der Waals surface area contributed by atoms with E-state index in [9.17, 15) is 4.79 Å². The fourth-order valence-corrected chi connectivity index (χ4v) is 1.63. The molecule has 0 amide bonds. The normalized spacial score (nSPS) is 15.2. The lowest BCUT2D eigenvalue weighted by atomic mass is 10.4. The molecule has 1 aliphatic rings. The third-order valence-electron chi connectivity index (χ3n) is 2.70. The van der Waals surface area contributed by atoms with Crippen LogP contribution in [0.4, 0.5) is 0 Å². The molecule has 1 aromatic rings. The Balaban J connectivity index is 1.89. The van der Waals surface area contributed by atoms with Crippen molar-refractivity contribution in [3.05, 3.63) is 22.2 Å². The highest BCUT2D eigenvalue weighted by Crippen LogP contribution is 2.37. The molecule has 1 heterocycles. The highest BCUT2D eigenvalue weighted by Gasteiger charge is 2.26. The maximum atomic E-state index is 11.4. The van der Waals surface area contributed by atoms with E-state index in [0.717, 1.165) is 31.6 Å². The van der Waals surface area contributed by atoms with Crippen molar-refractivity contribution in [2.24, 2.45) is 0 Å². The van der Waals surface area contributed by atoms with Crippen molar-refractivity contribution in [1.82, 2.24) is 14.9 Å². The molecule has 0 aliphatic heterocycles. The summed E-state index contributed by atoms with van der Waals surface area (Å²) in [4.78, 5) is 20.6. The maximum Gasteiger partial charge on any atom is 0.254 e. The Labute approximate surface area is 101 Å². The SMILES string of the molecule is CN(C)CCCOc1cc(=O)[nH]c(C2CC2)n1. The summed E-state index contributed by atoms with van der Waals surface area (Å²) in [6, 6.07) is 1.42. The van der Waals surface area contributed by atoms with Gasteiger partial charge >= 0.3 is 0 Å². The van der Waals surface area contributed by atoms with Gasteiger partial charge in [0.15, 0.2) is 0 Å². The molecule has 1 N–H and O–H groups in total. The number of rotatable bonds is 6. The largest absolute Gasteiger partial charge is 0.477 e. The van der Waals surface area contributed by atoms with Crippen LogP contribution in [0.3, 0.4) is 0 Å². The molecule has 0 unspecified atom stereocenters. The molecule has 0 bridgehead atoms. The van der Waals surface area contributed by atoms with Gasteiger partial charge in [-0.2, -0.15) is 4.98 Å². The molecule has 1 aliphatic carbocycles. The average Bonchev–Trinajstić information content (AvgIpc) is 3.07. The summed E-state index contributed by atoms with van der Waals surface area (Å²) < 4.78 is 5.50. The molecule has 2 rings (SSSR count). The van der Waals surface area contributed by atoms with Gasteiger partial charge in [0.05, 0.1) is 12.7 Å². The molecule has 1 aromatic heterocycles. The van der Waals surface area contributed by atoms with Gasteiger partial charge in [0.1, 0.15) is 5.82 Å². The summed E-state index contributed by atoms with van der Waals surface area (Å²) in [6.07, 6.45) is 3.17. The van der Waals surface area contributed by atoms with Gasteiger partial charge in [-0.1, -0.05) is 0 Å². The van der Waals surface area contributed by atoms with Gasteiger partial charge in [-0.05, 0) is 33.4 Å². The molecule has 17 heavy (non-hydrogen) atoms. The second-order valence-corrected chi connectivity index (χ2v) is 4.75. The molecular weight excluding hydrogens is 218 g/mol. The fourth-order valence-electron chi connectivity index (χ4n) is 1.63. The number of hydrogen-bond donors (Lipinski definition) is 1. The zero-order valence-corrected chi connectivity index (χ0v) is 10.4. The van der Waals surface area contributed by atoms with Crippen molar-refractivity contribution >= 4 is 0 Å². The predicted molar refractivity (Wildman–Crippen MR) is 65.5 cm³/mol. The monoisotopic (exact) mass is 237 g/mol. The van der Waals surface area contributed by atoms with Gasteiger partial charge in [0.2, 0.25) is 5.88 Å².